The molecule has 2 nitrogen and oxygen atoms in total. The number of hydrogen-bond acceptors (Lipinski definition) is 1. The summed E-state index contributed by atoms with van der Waals surface area (Å²) in [7, 11) is 0. The van der Waals surface area contributed by atoms with Crippen LogP contribution in [0.2, 0.25) is 0 Å². The number of carbonyl (C=O) groups is 1. The summed E-state index contributed by atoms with van der Waals surface area (Å²) in [6.07, 6.45) is 25.4. The van der Waals surface area contributed by atoms with Crippen LogP contribution in [0.25, 0.3) is 0 Å². The fourth-order valence-electron chi connectivity index (χ4n) is 3.03. The first-order valence-corrected chi connectivity index (χ1v) is 9.93. The van der Waals surface area contributed by atoms with Crippen molar-refractivity contribution in [3.63, 3.8) is 0 Å². The predicted molar refractivity (Wildman–Crippen MR) is 96.3 cm³/mol. The molecule has 1 fully saturated rings. The zero-order chi connectivity index (χ0) is 16.3. The maximum Gasteiger partial charge on any atom is 0.290 e. The van der Waals surface area contributed by atoms with Crippen molar-refractivity contribution >= 4 is 6.47 Å². The van der Waals surface area contributed by atoms with E-state index >= 15 is 0 Å². The Hall–Kier alpha value is -0.530. The van der Waals surface area contributed by atoms with Gasteiger partial charge in [0.25, 0.3) is 6.47 Å². The third kappa shape index (κ3) is 19.5. The Balaban J connectivity index is 0.00000135. The normalized spacial score (nSPS) is 13.5. The van der Waals surface area contributed by atoms with E-state index in [1.165, 1.54) is 96.3 Å². The van der Waals surface area contributed by atoms with Gasteiger partial charge in [0.05, 0.1) is 0 Å². The van der Waals surface area contributed by atoms with Crippen LogP contribution in [0.15, 0.2) is 0 Å². The minimum atomic E-state index is -0.250. The first-order chi connectivity index (χ1) is 10.8. The third-order valence-corrected chi connectivity index (χ3v) is 4.66. The van der Waals surface area contributed by atoms with E-state index in [0.717, 1.165) is 5.92 Å². The van der Waals surface area contributed by atoms with Crippen LogP contribution in [-0.2, 0) is 4.79 Å². The lowest BCUT2D eigenvalue weighted by molar-refractivity contribution is -0.122. The van der Waals surface area contributed by atoms with Crippen molar-refractivity contribution in [2.45, 2.75) is 116 Å². The van der Waals surface area contributed by atoms with Crippen LogP contribution in [-0.4, -0.2) is 11.6 Å². The SMILES string of the molecule is CCCCCCCCCCCCCCCCC1CC1.O=CO. The van der Waals surface area contributed by atoms with Gasteiger partial charge in [-0.25, -0.2) is 0 Å². The van der Waals surface area contributed by atoms with Gasteiger partial charge in [-0.2, -0.15) is 0 Å². The number of hydrogen-bond donors (Lipinski definition) is 1. The number of carboxylic acid groups (broad SMARTS) is 1. The lowest BCUT2D eigenvalue weighted by Crippen LogP contribution is -1.83. The van der Waals surface area contributed by atoms with Crippen molar-refractivity contribution in [1.29, 1.82) is 0 Å². The van der Waals surface area contributed by atoms with Gasteiger partial charge in [-0.15, -0.1) is 0 Å². The third-order valence-electron chi connectivity index (χ3n) is 4.66. The van der Waals surface area contributed by atoms with E-state index in [4.69, 9.17) is 9.90 Å². The first kappa shape index (κ1) is 21.5. The molecule has 0 heterocycles. The minimum Gasteiger partial charge on any atom is -0.483 e. The van der Waals surface area contributed by atoms with Gasteiger partial charge < -0.3 is 5.11 Å². The van der Waals surface area contributed by atoms with Crippen molar-refractivity contribution in [1.82, 2.24) is 0 Å². The highest BCUT2D eigenvalue weighted by atomic mass is 16.3. The molecule has 0 spiro atoms. The summed E-state index contributed by atoms with van der Waals surface area (Å²) in [6.45, 7) is 2.05. The Morgan fingerprint density at radius 2 is 1.05 bits per heavy atom. The van der Waals surface area contributed by atoms with Gasteiger partial charge in [0.2, 0.25) is 0 Å². The van der Waals surface area contributed by atoms with Crippen LogP contribution in [0.4, 0.5) is 0 Å². The van der Waals surface area contributed by atoms with E-state index in [-0.39, 0.29) is 6.47 Å². The molecule has 1 rings (SSSR count). The molecule has 0 radical (unpaired) electrons. The molecule has 0 aliphatic heterocycles. The van der Waals surface area contributed by atoms with Crippen molar-refractivity contribution in [3.05, 3.63) is 0 Å². The predicted octanol–water partition coefficient (Wildman–Crippen LogP) is 6.97. The number of unbranched alkanes of at least 4 members (excludes halogenated alkanes) is 13. The van der Waals surface area contributed by atoms with Crippen LogP contribution < -0.4 is 0 Å². The van der Waals surface area contributed by atoms with E-state index in [1.807, 2.05) is 0 Å². The average Bonchev–Trinajstić information content (AvgIpc) is 3.33. The summed E-state index contributed by atoms with van der Waals surface area (Å²) in [5.74, 6) is 1.15. The van der Waals surface area contributed by atoms with Crippen LogP contribution >= 0.6 is 0 Å². The van der Waals surface area contributed by atoms with Gasteiger partial charge in [0.15, 0.2) is 0 Å². The Morgan fingerprint density at radius 1 is 0.727 bits per heavy atom. The smallest absolute Gasteiger partial charge is 0.290 e. The van der Waals surface area contributed by atoms with E-state index in [9.17, 15) is 0 Å². The highest BCUT2D eigenvalue weighted by Gasteiger charge is 2.19. The quantitative estimate of drug-likeness (QED) is 0.262. The highest BCUT2D eigenvalue weighted by molar-refractivity contribution is 5.32. The monoisotopic (exact) mass is 312 g/mol. The molecular weight excluding hydrogens is 272 g/mol. The van der Waals surface area contributed by atoms with Gasteiger partial charge in [-0.1, -0.05) is 116 Å². The molecule has 1 N–H and O–H groups in total. The van der Waals surface area contributed by atoms with E-state index < -0.39 is 0 Å². The minimum absolute atomic E-state index is 0.250. The Labute approximate surface area is 139 Å². The van der Waals surface area contributed by atoms with Gasteiger partial charge in [-0.05, 0) is 5.92 Å². The molecule has 2 heteroatoms. The van der Waals surface area contributed by atoms with E-state index in [0.29, 0.717) is 0 Å². The lowest BCUT2D eigenvalue weighted by Gasteiger charge is -2.03. The van der Waals surface area contributed by atoms with Gasteiger partial charge in [-0.3, -0.25) is 4.79 Å². The molecule has 0 aromatic rings. The molecule has 22 heavy (non-hydrogen) atoms. The summed E-state index contributed by atoms with van der Waals surface area (Å²) >= 11 is 0. The molecule has 1 saturated carbocycles. The average molecular weight is 313 g/mol. The molecule has 0 aromatic heterocycles. The fourth-order valence-corrected chi connectivity index (χ4v) is 3.03. The van der Waals surface area contributed by atoms with Crippen molar-refractivity contribution in [2.75, 3.05) is 0 Å². The maximum atomic E-state index is 8.36. The molecule has 0 unspecified atom stereocenters. The lowest BCUT2D eigenvalue weighted by atomic mass is 10.0. The largest absolute Gasteiger partial charge is 0.483 e. The second-order valence-corrected chi connectivity index (χ2v) is 6.93. The second-order valence-electron chi connectivity index (χ2n) is 6.93. The number of rotatable bonds is 15. The Morgan fingerprint density at radius 3 is 1.36 bits per heavy atom. The first-order valence-electron chi connectivity index (χ1n) is 9.93. The highest BCUT2D eigenvalue weighted by Crippen LogP contribution is 2.34. The summed E-state index contributed by atoms with van der Waals surface area (Å²) in [4.78, 5) is 8.36. The van der Waals surface area contributed by atoms with Crippen molar-refractivity contribution in [3.8, 4) is 0 Å². The summed E-state index contributed by atoms with van der Waals surface area (Å²) in [5, 5.41) is 6.89. The molecular formula is C20H40O2. The van der Waals surface area contributed by atoms with Crippen LogP contribution in [0.5, 0.6) is 0 Å². The zero-order valence-corrected chi connectivity index (χ0v) is 15.0. The van der Waals surface area contributed by atoms with Crippen molar-refractivity contribution < 1.29 is 9.90 Å². The van der Waals surface area contributed by atoms with Gasteiger partial charge in [0, 0.05) is 0 Å². The molecule has 0 amide bonds. The fraction of sp³-hybridized carbons (Fsp3) is 0.950. The molecule has 1 aliphatic rings. The molecule has 0 atom stereocenters. The second kappa shape index (κ2) is 18.5. The molecule has 0 bridgehead atoms. The standard InChI is InChI=1S/C19H38.CH2O2/c1-2-3-4-5-6-7-8-9-10-11-12-13-14-15-16-19-17-18-19;2-1-3/h19H,2-18H2,1H3;1H,(H,2,3). The Bertz CT molecular complexity index is 212. The summed E-state index contributed by atoms with van der Waals surface area (Å²) < 4.78 is 0. The van der Waals surface area contributed by atoms with Gasteiger partial charge in [0.1, 0.15) is 0 Å². The maximum absolute atomic E-state index is 8.36. The van der Waals surface area contributed by atoms with Crippen LogP contribution in [0, 0.1) is 5.92 Å². The summed E-state index contributed by atoms with van der Waals surface area (Å²) in [5.41, 5.74) is 0. The molecule has 132 valence electrons. The topological polar surface area (TPSA) is 37.3 Å². The van der Waals surface area contributed by atoms with Crippen molar-refractivity contribution in [2.24, 2.45) is 5.92 Å². The Kier molecular flexibility index (Phi) is 18.1. The summed E-state index contributed by atoms with van der Waals surface area (Å²) in [6, 6.07) is 0. The van der Waals surface area contributed by atoms with E-state index in [2.05, 4.69) is 6.92 Å². The van der Waals surface area contributed by atoms with Gasteiger partial charge >= 0.3 is 0 Å². The van der Waals surface area contributed by atoms with Crippen LogP contribution in [0.3, 0.4) is 0 Å². The molecule has 0 saturated heterocycles. The van der Waals surface area contributed by atoms with Crippen LogP contribution in [0.1, 0.15) is 116 Å². The zero-order valence-electron chi connectivity index (χ0n) is 15.0. The molecule has 0 aromatic carbocycles. The molecule has 1 aliphatic carbocycles. The van der Waals surface area contributed by atoms with E-state index in [1.54, 1.807) is 12.8 Å².